The first-order chi connectivity index (χ1) is 7.44. The van der Waals surface area contributed by atoms with Gasteiger partial charge in [-0.05, 0) is 13.3 Å². The van der Waals surface area contributed by atoms with Crippen LogP contribution in [0, 0.1) is 0 Å². The molecular weight excluding hydrogens is 228 g/mol. The lowest BCUT2D eigenvalue weighted by Gasteiger charge is -2.31. The Morgan fingerprint density at radius 1 is 1.50 bits per heavy atom. The Hall–Kier alpha value is -0.620. The zero-order valence-electron chi connectivity index (χ0n) is 9.90. The number of hydrogen-bond acceptors (Lipinski definition) is 4. The summed E-state index contributed by atoms with van der Waals surface area (Å²) in [5.41, 5.74) is 0. The van der Waals surface area contributed by atoms with Gasteiger partial charge in [-0.2, -0.15) is 0 Å². The number of hydrogen-bond donors (Lipinski definition) is 1. The molecule has 0 spiro atoms. The van der Waals surface area contributed by atoms with E-state index >= 15 is 0 Å². The van der Waals surface area contributed by atoms with Crippen molar-refractivity contribution in [2.24, 2.45) is 0 Å². The molecule has 0 aromatic carbocycles. The maximum atomic E-state index is 11.8. The molecule has 1 unspecified atom stereocenters. The van der Waals surface area contributed by atoms with Gasteiger partial charge in [0.25, 0.3) is 0 Å². The number of rotatable bonds is 4. The van der Waals surface area contributed by atoms with Crippen molar-refractivity contribution in [3.05, 3.63) is 0 Å². The summed E-state index contributed by atoms with van der Waals surface area (Å²) < 4.78 is 23.0. The van der Waals surface area contributed by atoms with Gasteiger partial charge in [0.05, 0.1) is 5.75 Å². The molecule has 6 heteroatoms. The quantitative estimate of drug-likeness (QED) is 0.737. The predicted octanol–water partition coefficient (Wildman–Crippen LogP) is -0.368. The minimum atomic E-state index is -3.21. The second kappa shape index (κ2) is 5.63. The van der Waals surface area contributed by atoms with Gasteiger partial charge >= 0.3 is 0 Å². The Bertz CT molecular complexity index is 340. The molecule has 0 aromatic rings. The molecule has 1 rings (SSSR count). The van der Waals surface area contributed by atoms with E-state index in [9.17, 15) is 13.2 Å². The maximum absolute atomic E-state index is 11.8. The van der Waals surface area contributed by atoms with Crippen LogP contribution in [0.15, 0.2) is 0 Å². The lowest BCUT2D eigenvalue weighted by Crippen LogP contribution is -2.52. The molecule has 1 atom stereocenters. The molecule has 0 radical (unpaired) electrons. The van der Waals surface area contributed by atoms with Gasteiger partial charge in [-0.3, -0.25) is 4.79 Å². The number of nitrogens with zero attached hydrogens (tertiary/aromatic N) is 1. The van der Waals surface area contributed by atoms with E-state index in [4.69, 9.17) is 0 Å². The molecule has 0 bridgehead atoms. The monoisotopic (exact) mass is 248 g/mol. The normalized spacial score (nSPS) is 22.1. The summed E-state index contributed by atoms with van der Waals surface area (Å²) in [4.78, 5) is 13.4. The fraction of sp³-hybridized carbons (Fsp3) is 0.900. The summed E-state index contributed by atoms with van der Waals surface area (Å²) in [7, 11) is -3.21. The second-order valence-corrected chi connectivity index (χ2v) is 6.47. The highest BCUT2D eigenvalue weighted by atomic mass is 32.2. The van der Waals surface area contributed by atoms with Crippen LogP contribution >= 0.6 is 0 Å². The summed E-state index contributed by atoms with van der Waals surface area (Å²) in [6, 6.07) is 0.242. The van der Waals surface area contributed by atoms with Crippen molar-refractivity contribution in [3.8, 4) is 0 Å². The first-order valence-electron chi connectivity index (χ1n) is 5.66. The lowest BCUT2D eigenvalue weighted by atomic mass is 10.2. The van der Waals surface area contributed by atoms with Crippen molar-refractivity contribution >= 4 is 15.7 Å². The van der Waals surface area contributed by atoms with Gasteiger partial charge in [-0.15, -0.1) is 0 Å². The molecule has 94 valence electrons. The molecule has 1 N–H and O–H groups in total. The number of sulfone groups is 1. The second-order valence-electron chi connectivity index (χ2n) is 4.29. The standard InChI is InChI=1S/C10H20N2O3S/c1-3-6-16(14,15)8-10(13)12-5-4-11-9(2)7-12/h9,11H,3-8H2,1-2H3. The third kappa shape index (κ3) is 4.09. The molecule has 16 heavy (non-hydrogen) atoms. The minimum Gasteiger partial charge on any atom is -0.339 e. The lowest BCUT2D eigenvalue weighted by molar-refractivity contribution is -0.129. The van der Waals surface area contributed by atoms with Crippen LogP contribution in [-0.4, -0.2) is 56.4 Å². The Morgan fingerprint density at radius 3 is 2.75 bits per heavy atom. The topological polar surface area (TPSA) is 66.5 Å². The van der Waals surface area contributed by atoms with Crippen LogP contribution in [-0.2, 0) is 14.6 Å². The molecule has 5 nitrogen and oxygen atoms in total. The molecular formula is C10H20N2O3S. The van der Waals surface area contributed by atoms with Crippen molar-refractivity contribution in [3.63, 3.8) is 0 Å². The summed E-state index contributed by atoms with van der Waals surface area (Å²) in [5.74, 6) is -0.504. The van der Waals surface area contributed by atoms with Crippen LogP contribution in [0.4, 0.5) is 0 Å². The Balaban J connectivity index is 2.51. The summed E-state index contributed by atoms with van der Waals surface area (Å²) >= 11 is 0. The van der Waals surface area contributed by atoms with Crippen molar-refractivity contribution in [1.29, 1.82) is 0 Å². The van der Waals surface area contributed by atoms with E-state index in [1.807, 2.05) is 6.92 Å². The third-order valence-electron chi connectivity index (χ3n) is 2.58. The smallest absolute Gasteiger partial charge is 0.237 e. The maximum Gasteiger partial charge on any atom is 0.237 e. The van der Waals surface area contributed by atoms with E-state index in [1.165, 1.54) is 0 Å². The summed E-state index contributed by atoms with van der Waals surface area (Å²) in [5, 5.41) is 3.21. The van der Waals surface area contributed by atoms with Gasteiger partial charge in [0.2, 0.25) is 5.91 Å². The fourth-order valence-electron chi connectivity index (χ4n) is 1.82. The van der Waals surface area contributed by atoms with Crippen LogP contribution in [0.1, 0.15) is 20.3 Å². The van der Waals surface area contributed by atoms with E-state index in [2.05, 4.69) is 5.32 Å². The zero-order valence-corrected chi connectivity index (χ0v) is 10.7. The minimum absolute atomic E-state index is 0.0976. The average molecular weight is 248 g/mol. The SMILES string of the molecule is CCCS(=O)(=O)CC(=O)N1CCNC(C)C1. The van der Waals surface area contributed by atoms with Crippen LogP contribution < -0.4 is 5.32 Å². The molecule has 1 fully saturated rings. The first-order valence-corrected chi connectivity index (χ1v) is 7.48. The van der Waals surface area contributed by atoms with Gasteiger partial charge in [-0.1, -0.05) is 6.92 Å². The molecule has 0 saturated carbocycles. The van der Waals surface area contributed by atoms with Crippen LogP contribution in [0.25, 0.3) is 0 Å². The predicted molar refractivity (Wildman–Crippen MR) is 63.0 cm³/mol. The number of carbonyl (C=O) groups excluding carboxylic acids is 1. The highest BCUT2D eigenvalue weighted by Gasteiger charge is 2.24. The molecule has 1 amide bonds. The fourth-order valence-corrected chi connectivity index (χ4v) is 3.15. The van der Waals surface area contributed by atoms with Crippen molar-refractivity contribution in [1.82, 2.24) is 10.2 Å². The van der Waals surface area contributed by atoms with Crippen LogP contribution in [0.3, 0.4) is 0 Å². The Kier molecular flexibility index (Phi) is 4.73. The number of carbonyl (C=O) groups is 1. The highest BCUT2D eigenvalue weighted by molar-refractivity contribution is 7.92. The molecule has 1 aliphatic rings. The third-order valence-corrected chi connectivity index (χ3v) is 4.30. The molecule has 1 heterocycles. The summed E-state index contributed by atoms with van der Waals surface area (Å²) in [6.07, 6.45) is 0.563. The molecule has 0 aliphatic carbocycles. The zero-order chi connectivity index (χ0) is 12.2. The van der Waals surface area contributed by atoms with Crippen molar-refractivity contribution in [2.45, 2.75) is 26.3 Å². The number of nitrogens with one attached hydrogen (secondary N) is 1. The first kappa shape index (κ1) is 13.4. The Morgan fingerprint density at radius 2 is 2.19 bits per heavy atom. The highest BCUT2D eigenvalue weighted by Crippen LogP contribution is 2.02. The molecule has 1 saturated heterocycles. The Labute approximate surface area is 97.1 Å². The van der Waals surface area contributed by atoms with Crippen LogP contribution in [0.2, 0.25) is 0 Å². The summed E-state index contributed by atoms with van der Waals surface area (Å²) in [6.45, 7) is 5.72. The van der Waals surface area contributed by atoms with Crippen molar-refractivity contribution in [2.75, 3.05) is 31.1 Å². The average Bonchev–Trinajstić information content (AvgIpc) is 2.16. The van der Waals surface area contributed by atoms with Gasteiger partial charge < -0.3 is 10.2 Å². The van der Waals surface area contributed by atoms with Gasteiger partial charge in [-0.25, -0.2) is 8.42 Å². The van der Waals surface area contributed by atoms with E-state index in [0.29, 0.717) is 19.5 Å². The van der Waals surface area contributed by atoms with Gasteiger partial charge in [0, 0.05) is 25.7 Å². The van der Waals surface area contributed by atoms with Crippen molar-refractivity contribution < 1.29 is 13.2 Å². The number of amides is 1. The molecule has 0 aromatic heterocycles. The largest absolute Gasteiger partial charge is 0.339 e. The van der Waals surface area contributed by atoms with E-state index in [1.54, 1.807) is 11.8 Å². The van der Waals surface area contributed by atoms with Gasteiger partial charge in [0.15, 0.2) is 9.84 Å². The van der Waals surface area contributed by atoms with E-state index in [-0.39, 0.29) is 23.5 Å². The molecule has 1 aliphatic heterocycles. The van der Waals surface area contributed by atoms with E-state index in [0.717, 1.165) is 6.54 Å². The van der Waals surface area contributed by atoms with Crippen LogP contribution in [0.5, 0.6) is 0 Å². The van der Waals surface area contributed by atoms with Gasteiger partial charge in [0.1, 0.15) is 5.75 Å². The van der Waals surface area contributed by atoms with E-state index < -0.39 is 9.84 Å². The number of piperazine rings is 1.